The maximum absolute atomic E-state index is 12.8. The Balaban J connectivity index is 1.64. The van der Waals surface area contributed by atoms with E-state index in [9.17, 15) is 13.2 Å². The lowest BCUT2D eigenvalue weighted by Crippen LogP contribution is -2.06. The van der Waals surface area contributed by atoms with Crippen LogP contribution in [0, 0.1) is 5.41 Å². The maximum atomic E-state index is 12.8. The molecule has 0 fully saturated rings. The van der Waals surface area contributed by atoms with Gasteiger partial charge in [0.15, 0.2) is 5.82 Å². The molecule has 1 N–H and O–H groups in total. The molecular formula is C18H17F3N4. The molecule has 0 bridgehead atoms. The van der Waals surface area contributed by atoms with E-state index in [-0.39, 0.29) is 0 Å². The lowest BCUT2D eigenvalue weighted by molar-refractivity contribution is -0.137. The number of rotatable bonds is 6. The normalized spacial score (nSPS) is 14.1. The van der Waals surface area contributed by atoms with Crippen LogP contribution in [-0.4, -0.2) is 15.3 Å². The monoisotopic (exact) mass is 346 g/mol. The van der Waals surface area contributed by atoms with Crippen molar-refractivity contribution in [3.63, 3.8) is 0 Å². The number of imidazole rings is 1. The summed E-state index contributed by atoms with van der Waals surface area (Å²) in [6.07, 6.45) is 5.18. The van der Waals surface area contributed by atoms with Crippen LogP contribution in [0.3, 0.4) is 0 Å². The quantitative estimate of drug-likeness (QED) is 0.777. The number of nitrogens with zero attached hydrogens (tertiary/aromatic N) is 3. The van der Waals surface area contributed by atoms with Gasteiger partial charge in [-0.1, -0.05) is 19.1 Å². The van der Waals surface area contributed by atoms with Crippen molar-refractivity contribution in [2.75, 3.05) is 4.90 Å². The number of alkyl halides is 3. The summed E-state index contributed by atoms with van der Waals surface area (Å²) < 4.78 is 40.0. The fourth-order valence-corrected chi connectivity index (χ4v) is 2.34. The Bertz CT molecular complexity index is 846. The van der Waals surface area contributed by atoms with Crippen LogP contribution in [0.5, 0.6) is 0 Å². The third-order valence-corrected chi connectivity index (χ3v) is 3.79. The highest BCUT2D eigenvalue weighted by Gasteiger charge is 2.30. The molecule has 1 aliphatic rings. The number of aromatic nitrogens is 2. The molecule has 4 nitrogen and oxygen atoms in total. The van der Waals surface area contributed by atoms with Gasteiger partial charge in [0.05, 0.1) is 17.6 Å². The highest BCUT2D eigenvalue weighted by Crippen LogP contribution is 2.31. The molecule has 0 amide bonds. The summed E-state index contributed by atoms with van der Waals surface area (Å²) in [5.41, 5.74) is 1.41. The summed E-state index contributed by atoms with van der Waals surface area (Å²) in [6, 6.07) is 5.29. The smallest absolute Gasteiger partial charge is 0.331 e. The molecule has 25 heavy (non-hydrogen) atoms. The minimum Gasteiger partial charge on any atom is -0.331 e. The van der Waals surface area contributed by atoms with Crippen molar-refractivity contribution in [2.24, 2.45) is 0 Å². The first-order valence-corrected chi connectivity index (χ1v) is 7.81. The standard InChI is InChI=1S/C18H17F3N4/c1-2-15(22)6-7-16-10-25(16)17-11-24(12-23-17)9-13-4-3-5-14(8-13)18(19,20)21/h3-8,10-12,22H,2,9H2,1H3/b7-6-,22-15?. The van der Waals surface area contributed by atoms with Gasteiger partial charge in [-0.05, 0) is 36.3 Å². The number of benzene rings is 1. The highest BCUT2D eigenvalue weighted by atomic mass is 19.4. The van der Waals surface area contributed by atoms with Gasteiger partial charge in [-0.2, -0.15) is 13.2 Å². The predicted octanol–water partition coefficient (Wildman–Crippen LogP) is 4.60. The predicted molar refractivity (Wildman–Crippen MR) is 90.5 cm³/mol. The largest absolute Gasteiger partial charge is 0.416 e. The fraction of sp³-hybridized carbons (Fsp3) is 0.222. The summed E-state index contributed by atoms with van der Waals surface area (Å²) in [6.45, 7) is 2.23. The number of hydrogen-bond acceptors (Lipinski definition) is 3. The summed E-state index contributed by atoms with van der Waals surface area (Å²) in [7, 11) is 0. The number of allylic oxidation sites excluding steroid dienone is 2. The zero-order chi connectivity index (χ0) is 18.0. The molecule has 0 spiro atoms. The topological polar surface area (TPSA) is 44.7 Å². The van der Waals surface area contributed by atoms with Crippen molar-refractivity contribution in [3.8, 4) is 0 Å². The summed E-state index contributed by atoms with van der Waals surface area (Å²) in [5.74, 6) is 0.703. The molecule has 0 saturated carbocycles. The minimum atomic E-state index is -4.34. The van der Waals surface area contributed by atoms with E-state index in [1.54, 1.807) is 29.2 Å². The SMILES string of the molecule is CCC(=N)/C=C\C1=CN1c1cn(Cc2cccc(C(F)(F)F)c2)cn1. The number of nitrogens with one attached hydrogen (secondary N) is 1. The van der Waals surface area contributed by atoms with E-state index < -0.39 is 11.7 Å². The number of halogens is 3. The summed E-state index contributed by atoms with van der Waals surface area (Å²) >= 11 is 0. The lowest BCUT2D eigenvalue weighted by Gasteiger charge is -2.09. The van der Waals surface area contributed by atoms with E-state index in [1.807, 2.05) is 24.1 Å². The van der Waals surface area contributed by atoms with Gasteiger partial charge in [-0.3, -0.25) is 4.90 Å². The Morgan fingerprint density at radius 1 is 1.32 bits per heavy atom. The van der Waals surface area contributed by atoms with Gasteiger partial charge in [-0.25, -0.2) is 4.98 Å². The minimum absolute atomic E-state index is 0.316. The first-order valence-electron chi connectivity index (χ1n) is 7.81. The second-order valence-corrected chi connectivity index (χ2v) is 5.74. The molecule has 1 aromatic heterocycles. The lowest BCUT2D eigenvalue weighted by atomic mass is 10.1. The Kier molecular flexibility index (Phi) is 4.48. The second-order valence-electron chi connectivity index (χ2n) is 5.74. The van der Waals surface area contributed by atoms with E-state index in [0.717, 1.165) is 17.8 Å². The van der Waals surface area contributed by atoms with Crippen LogP contribution in [0.1, 0.15) is 24.5 Å². The second kappa shape index (κ2) is 6.58. The van der Waals surface area contributed by atoms with Gasteiger partial charge in [-0.15, -0.1) is 0 Å². The average molecular weight is 346 g/mol. The van der Waals surface area contributed by atoms with E-state index in [4.69, 9.17) is 5.41 Å². The maximum Gasteiger partial charge on any atom is 0.416 e. The van der Waals surface area contributed by atoms with Gasteiger partial charge in [0.25, 0.3) is 0 Å². The molecule has 0 aliphatic carbocycles. The van der Waals surface area contributed by atoms with E-state index in [1.165, 1.54) is 6.07 Å². The van der Waals surface area contributed by atoms with Gasteiger partial charge in [0, 0.05) is 24.7 Å². The molecule has 1 aliphatic heterocycles. The van der Waals surface area contributed by atoms with E-state index in [2.05, 4.69) is 4.98 Å². The van der Waals surface area contributed by atoms with Gasteiger partial charge < -0.3 is 9.98 Å². The highest BCUT2D eigenvalue weighted by molar-refractivity contribution is 5.92. The Morgan fingerprint density at radius 2 is 2.12 bits per heavy atom. The molecule has 1 aromatic carbocycles. The Hall–Kier alpha value is -2.83. The first-order chi connectivity index (χ1) is 11.9. The van der Waals surface area contributed by atoms with Crippen molar-refractivity contribution in [3.05, 3.63) is 72.0 Å². The molecule has 7 heteroatoms. The van der Waals surface area contributed by atoms with Crippen LogP contribution < -0.4 is 4.90 Å². The van der Waals surface area contributed by atoms with Crippen molar-refractivity contribution >= 4 is 11.5 Å². The molecule has 0 radical (unpaired) electrons. The molecule has 130 valence electrons. The molecule has 0 unspecified atom stereocenters. The van der Waals surface area contributed by atoms with Crippen LogP contribution in [0.25, 0.3) is 0 Å². The third kappa shape index (κ3) is 4.17. The van der Waals surface area contributed by atoms with Crippen LogP contribution in [0.4, 0.5) is 19.0 Å². The third-order valence-electron chi connectivity index (χ3n) is 3.79. The zero-order valence-corrected chi connectivity index (χ0v) is 13.6. The molecule has 0 atom stereocenters. The van der Waals surface area contributed by atoms with Crippen LogP contribution in [-0.2, 0) is 12.7 Å². The van der Waals surface area contributed by atoms with Crippen LogP contribution in [0.15, 0.2) is 60.8 Å². The Labute approximate surface area is 143 Å². The molecular weight excluding hydrogens is 329 g/mol. The van der Waals surface area contributed by atoms with Gasteiger partial charge in [0.2, 0.25) is 0 Å². The van der Waals surface area contributed by atoms with E-state index >= 15 is 0 Å². The fourth-order valence-electron chi connectivity index (χ4n) is 2.34. The molecule has 0 saturated heterocycles. The summed E-state index contributed by atoms with van der Waals surface area (Å²) in [5, 5.41) is 7.59. The van der Waals surface area contributed by atoms with E-state index in [0.29, 0.717) is 30.1 Å². The zero-order valence-electron chi connectivity index (χ0n) is 13.6. The summed E-state index contributed by atoms with van der Waals surface area (Å²) in [4.78, 5) is 6.13. The Morgan fingerprint density at radius 3 is 2.84 bits per heavy atom. The van der Waals surface area contributed by atoms with Crippen LogP contribution in [0.2, 0.25) is 0 Å². The van der Waals surface area contributed by atoms with Crippen molar-refractivity contribution < 1.29 is 13.2 Å². The molecule has 3 rings (SSSR count). The molecule has 2 heterocycles. The number of anilines is 1. The van der Waals surface area contributed by atoms with Gasteiger partial charge in [0.1, 0.15) is 0 Å². The van der Waals surface area contributed by atoms with Gasteiger partial charge >= 0.3 is 6.18 Å². The first kappa shape index (κ1) is 17.0. The van der Waals surface area contributed by atoms with Crippen molar-refractivity contribution in [2.45, 2.75) is 26.1 Å². The van der Waals surface area contributed by atoms with Crippen LogP contribution >= 0.6 is 0 Å². The number of hydrogen-bond donors (Lipinski definition) is 1. The average Bonchev–Trinajstić information content (AvgIpc) is 3.21. The van der Waals surface area contributed by atoms with Crippen molar-refractivity contribution in [1.82, 2.24) is 9.55 Å². The molecule has 2 aromatic rings. The van der Waals surface area contributed by atoms with Crippen molar-refractivity contribution in [1.29, 1.82) is 5.41 Å².